The van der Waals surface area contributed by atoms with Crippen LogP contribution < -0.4 is 0 Å². The van der Waals surface area contributed by atoms with Crippen LogP contribution in [0.3, 0.4) is 0 Å². The second kappa shape index (κ2) is 5.77. The molecule has 2 aromatic carbocycles. The van der Waals surface area contributed by atoms with Crippen molar-refractivity contribution in [3.05, 3.63) is 75.7 Å². The number of aromatic nitrogens is 1. The maximum Gasteiger partial charge on any atom is 0.125 e. The predicted molar refractivity (Wildman–Crippen MR) is 115 cm³/mol. The second-order valence-electron chi connectivity index (χ2n) is 7.91. The van der Waals surface area contributed by atoms with Gasteiger partial charge in [-0.05, 0) is 60.4 Å². The van der Waals surface area contributed by atoms with Gasteiger partial charge in [-0.1, -0.05) is 54.1 Å². The molecule has 2 aliphatic rings. The Morgan fingerprint density at radius 2 is 1.81 bits per heavy atom. The Morgan fingerprint density at radius 1 is 0.926 bits per heavy atom. The van der Waals surface area contributed by atoms with Gasteiger partial charge in [0.15, 0.2) is 0 Å². The molecule has 0 bridgehead atoms. The Kier molecular flexibility index (Phi) is 3.33. The Morgan fingerprint density at radius 3 is 2.74 bits per heavy atom. The van der Waals surface area contributed by atoms with Crippen molar-refractivity contribution in [3.63, 3.8) is 0 Å². The molecule has 0 aliphatic heterocycles. The second-order valence-corrected chi connectivity index (χ2v) is 8.99. The normalized spacial score (nSPS) is 14.9. The molecule has 0 saturated heterocycles. The van der Waals surface area contributed by atoms with Gasteiger partial charge in [0.1, 0.15) is 4.83 Å². The Bertz CT molecular complexity index is 1210. The van der Waals surface area contributed by atoms with Gasteiger partial charge in [-0.3, -0.25) is 0 Å². The van der Waals surface area contributed by atoms with Crippen LogP contribution in [0.1, 0.15) is 40.0 Å². The molecule has 4 aromatic rings. The molecule has 132 valence electrons. The van der Waals surface area contributed by atoms with Crippen LogP contribution in [0.15, 0.2) is 48.5 Å². The minimum Gasteiger partial charge on any atom is -0.237 e. The maximum atomic E-state index is 5.23. The topological polar surface area (TPSA) is 12.9 Å². The van der Waals surface area contributed by atoms with E-state index in [1.54, 1.807) is 10.4 Å². The van der Waals surface area contributed by atoms with Crippen molar-refractivity contribution in [1.29, 1.82) is 0 Å². The highest BCUT2D eigenvalue weighted by Crippen LogP contribution is 2.48. The summed E-state index contributed by atoms with van der Waals surface area (Å²) in [7, 11) is 0. The smallest absolute Gasteiger partial charge is 0.125 e. The zero-order chi connectivity index (χ0) is 18.0. The molecule has 0 fully saturated rings. The third kappa shape index (κ3) is 2.26. The SMILES string of the molecule is Cc1cccc(-c2c3c(nc4sc5c(c24)CCCC5)-c2ccccc2C3)c1. The molecule has 0 amide bonds. The Hall–Kier alpha value is -2.45. The van der Waals surface area contributed by atoms with E-state index in [4.69, 9.17) is 4.98 Å². The number of rotatable bonds is 1. The number of hydrogen-bond donors (Lipinski definition) is 0. The average molecular weight is 368 g/mol. The van der Waals surface area contributed by atoms with Crippen molar-refractivity contribution >= 4 is 21.6 Å². The van der Waals surface area contributed by atoms with E-state index >= 15 is 0 Å². The number of nitrogens with zero attached hydrogens (tertiary/aromatic N) is 1. The van der Waals surface area contributed by atoms with Crippen molar-refractivity contribution in [2.24, 2.45) is 0 Å². The van der Waals surface area contributed by atoms with Crippen molar-refractivity contribution in [1.82, 2.24) is 4.98 Å². The average Bonchev–Trinajstić information content (AvgIpc) is 3.24. The van der Waals surface area contributed by atoms with E-state index in [9.17, 15) is 0 Å². The van der Waals surface area contributed by atoms with Gasteiger partial charge >= 0.3 is 0 Å². The van der Waals surface area contributed by atoms with Gasteiger partial charge in [0.05, 0.1) is 5.69 Å². The minimum absolute atomic E-state index is 1.00. The summed E-state index contributed by atoms with van der Waals surface area (Å²) in [4.78, 5) is 8.05. The molecule has 0 saturated carbocycles. The fourth-order valence-electron chi connectivity index (χ4n) is 4.94. The van der Waals surface area contributed by atoms with Gasteiger partial charge in [-0.25, -0.2) is 4.98 Å². The summed E-state index contributed by atoms with van der Waals surface area (Å²) in [5, 5.41) is 1.45. The molecule has 2 aliphatic carbocycles. The lowest BCUT2D eigenvalue weighted by atomic mass is 9.89. The van der Waals surface area contributed by atoms with Gasteiger partial charge in [0.25, 0.3) is 0 Å². The zero-order valence-corrected chi connectivity index (χ0v) is 16.3. The summed E-state index contributed by atoms with van der Waals surface area (Å²) in [6.45, 7) is 2.19. The van der Waals surface area contributed by atoms with Gasteiger partial charge in [-0.15, -0.1) is 11.3 Å². The van der Waals surface area contributed by atoms with E-state index in [0.717, 1.165) is 6.42 Å². The fourth-order valence-corrected chi connectivity index (χ4v) is 6.21. The largest absolute Gasteiger partial charge is 0.237 e. The van der Waals surface area contributed by atoms with Crippen LogP contribution in [0.5, 0.6) is 0 Å². The summed E-state index contributed by atoms with van der Waals surface area (Å²) in [6.07, 6.45) is 6.07. The van der Waals surface area contributed by atoms with Crippen LogP contribution in [0.25, 0.3) is 32.6 Å². The standard InChI is InChI=1S/C25H21NS/c1-15-7-6-9-17(13-15)22-20-14-16-8-2-3-10-18(16)24(20)26-25-23(22)19-11-4-5-12-21(19)27-25/h2-3,6-10,13H,4-5,11-12,14H2,1H3. The van der Waals surface area contributed by atoms with E-state index in [1.165, 1.54) is 75.0 Å². The maximum absolute atomic E-state index is 5.23. The lowest BCUT2D eigenvalue weighted by Gasteiger charge is -2.15. The van der Waals surface area contributed by atoms with Crippen LogP contribution in [0.2, 0.25) is 0 Å². The molecule has 27 heavy (non-hydrogen) atoms. The first-order chi connectivity index (χ1) is 13.3. The summed E-state index contributed by atoms with van der Waals surface area (Å²) in [5.74, 6) is 0. The van der Waals surface area contributed by atoms with Crippen molar-refractivity contribution < 1.29 is 0 Å². The summed E-state index contributed by atoms with van der Waals surface area (Å²) < 4.78 is 0. The van der Waals surface area contributed by atoms with Gasteiger partial charge in [0.2, 0.25) is 0 Å². The zero-order valence-electron chi connectivity index (χ0n) is 15.5. The quantitative estimate of drug-likeness (QED) is 0.320. The van der Waals surface area contributed by atoms with E-state index in [-0.39, 0.29) is 0 Å². The molecule has 0 radical (unpaired) electrons. The number of benzene rings is 2. The lowest BCUT2D eigenvalue weighted by Crippen LogP contribution is -2.00. The number of hydrogen-bond acceptors (Lipinski definition) is 2. The molecular weight excluding hydrogens is 346 g/mol. The monoisotopic (exact) mass is 367 g/mol. The first kappa shape index (κ1) is 15.6. The number of thiophene rings is 1. The number of fused-ring (bicyclic) bond motifs is 6. The van der Waals surface area contributed by atoms with Gasteiger partial charge in [-0.2, -0.15) is 0 Å². The first-order valence-electron chi connectivity index (χ1n) is 9.92. The number of pyridine rings is 1. The van der Waals surface area contributed by atoms with Crippen LogP contribution in [-0.2, 0) is 19.3 Å². The summed E-state index contributed by atoms with van der Waals surface area (Å²) >= 11 is 1.94. The van der Waals surface area contributed by atoms with Crippen molar-refractivity contribution in [2.75, 3.05) is 0 Å². The van der Waals surface area contributed by atoms with Crippen LogP contribution in [0, 0.1) is 6.92 Å². The van der Waals surface area contributed by atoms with Gasteiger partial charge < -0.3 is 0 Å². The molecule has 0 spiro atoms. The molecule has 2 heteroatoms. The highest BCUT2D eigenvalue weighted by Gasteiger charge is 2.28. The Labute approximate surface area is 163 Å². The van der Waals surface area contributed by atoms with E-state index < -0.39 is 0 Å². The highest BCUT2D eigenvalue weighted by molar-refractivity contribution is 7.19. The molecule has 0 unspecified atom stereocenters. The molecule has 0 N–H and O–H groups in total. The molecular formula is C25H21NS. The molecule has 2 heterocycles. The van der Waals surface area contributed by atoms with Crippen LogP contribution in [0.4, 0.5) is 0 Å². The lowest BCUT2D eigenvalue weighted by molar-refractivity contribution is 0.700. The van der Waals surface area contributed by atoms with Crippen molar-refractivity contribution in [3.8, 4) is 22.4 Å². The minimum atomic E-state index is 1.00. The van der Waals surface area contributed by atoms with Crippen LogP contribution >= 0.6 is 11.3 Å². The van der Waals surface area contributed by atoms with Gasteiger partial charge in [0, 0.05) is 22.2 Å². The summed E-state index contributed by atoms with van der Waals surface area (Å²) in [5.41, 5.74) is 11.1. The summed E-state index contributed by atoms with van der Waals surface area (Å²) in [6, 6.07) is 17.8. The molecule has 2 aromatic heterocycles. The fraction of sp³-hybridized carbons (Fsp3) is 0.240. The Balaban J connectivity index is 1.75. The van der Waals surface area contributed by atoms with E-state index in [0.29, 0.717) is 0 Å². The third-order valence-corrected chi connectivity index (χ3v) is 7.34. The van der Waals surface area contributed by atoms with Crippen LogP contribution in [-0.4, -0.2) is 4.98 Å². The molecule has 6 rings (SSSR count). The number of aryl methyl sites for hydroxylation is 3. The highest BCUT2D eigenvalue weighted by atomic mass is 32.1. The molecule has 1 nitrogen and oxygen atoms in total. The first-order valence-corrected chi connectivity index (χ1v) is 10.7. The van der Waals surface area contributed by atoms with E-state index in [1.807, 2.05) is 11.3 Å². The predicted octanol–water partition coefficient (Wildman–Crippen LogP) is 6.72. The van der Waals surface area contributed by atoms with Crippen molar-refractivity contribution in [2.45, 2.75) is 39.0 Å². The molecule has 0 atom stereocenters. The third-order valence-electron chi connectivity index (χ3n) is 6.15. The van der Waals surface area contributed by atoms with E-state index in [2.05, 4.69) is 55.5 Å².